The Hall–Kier alpha value is -2.29. The molecule has 0 fully saturated rings. The number of carbonyl (C=O) groups is 1. The molecule has 3 nitrogen and oxygen atoms in total. The summed E-state index contributed by atoms with van der Waals surface area (Å²) in [6.07, 6.45) is 1.16. The molecule has 0 radical (unpaired) electrons. The second-order valence-electron chi connectivity index (χ2n) is 6.09. The van der Waals surface area contributed by atoms with E-state index in [1.807, 2.05) is 45.9 Å². The van der Waals surface area contributed by atoms with Gasteiger partial charge in [0.2, 0.25) is 5.91 Å². The Labute approximate surface area is 138 Å². The van der Waals surface area contributed by atoms with Crippen LogP contribution in [0.25, 0.3) is 0 Å². The Kier molecular flexibility index (Phi) is 5.80. The Balaban J connectivity index is 1.77. The van der Waals surface area contributed by atoms with Crippen molar-refractivity contribution in [3.63, 3.8) is 0 Å². The minimum Gasteiger partial charge on any atom is -0.493 e. The summed E-state index contributed by atoms with van der Waals surface area (Å²) < 4.78 is 5.78. The molecule has 0 heterocycles. The second kappa shape index (κ2) is 7.82. The highest BCUT2D eigenvalue weighted by Crippen LogP contribution is 2.19. The van der Waals surface area contributed by atoms with Crippen LogP contribution >= 0.6 is 0 Å². The van der Waals surface area contributed by atoms with Crippen LogP contribution in [0.1, 0.15) is 35.1 Å². The summed E-state index contributed by atoms with van der Waals surface area (Å²) in [7, 11) is 0. The molecule has 2 aromatic rings. The van der Waals surface area contributed by atoms with Crippen molar-refractivity contribution < 1.29 is 9.53 Å². The molecule has 2 aromatic carbocycles. The van der Waals surface area contributed by atoms with Crippen LogP contribution in [0, 0.1) is 27.7 Å². The van der Waals surface area contributed by atoms with E-state index in [-0.39, 0.29) is 5.91 Å². The fraction of sp³-hybridized carbons (Fsp3) is 0.350. The predicted octanol–water partition coefficient (Wildman–Crippen LogP) is 4.72. The SMILES string of the molecule is Cc1ccc(NC(=O)CCCOc2cc(C)ccc2C)c(C)c1. The van der Waals surface area contributed by atoms with Gasteiger partial charge < -0.3 is 10.1 Å². The molecule has 1 amide bonds. The van der Waals surface area contributed by atoms with Crippen LogP contribution in [0.4, 0.5) is 5.69 Å². The molecule has 0 spiro atoms. The molecule has 122 valence electrons. The first-order valence-electron chi connectivity index (χ1n) is 8.03. The third-order valence-electron chi connectivity index (χ3n) is 3.81. The molecular weight excluding hydrogens is 286 g/mol. The minimum atomic E-state index is 0.0292. The topological polar surface area (TPSA) is 38.3 Å². The number of hydrogen-bond donors (Lipinski definition) is 1. The number of amides is 1. The monoisotopic (exact) mass is 311 g/mol. The number of aryl methyl sites for hydroxylation is 4. The van der Waals surface area contributed by atoms with Crippen molar-refractivity contribution >= 4 is 11.6 Å². The molecule has 0 aromatic heterocycles. The summed E-state index contributed by atoms with van der Waals surface area (Å²) in [5.74, 6) is 0.932. The van der Waals surface area contributed by atoms with Crippen molar-refractivity contribution in [2.75, 3.05) is 11.9 Å². The Bertz CT molecular complexity index is 692. The number of rotatable bonds is 6. The molecule has 0 unspecified atom stereocenters. The van der Waals surface area contributed by atoms with E-state index in [0.717, 1.165) is 22.6 Å². The van der Waals surface area contributed by atoms with Gasteiger partial charge in [0.15, 0.2) is 0 Å². The quantitative estimate of drug-likeness (QED) is 0.784. The molecule has 0 saturated heterocycles. The summed E-state index contributed by atoms with van der Waals surface area (Å²) in [6.45, 7) is 8.67. The highest BCUT2D eigenvalue weighted by Gasteiger charge is 2.06. The van der Waals surface area contributed by atoms with Crippen LogP contribution in [0.2, 0.25) is 0 Å². The summed E-state index contributed by atoms with van der Waals surface area (Å²) in [6, 6.07) is 12.2. The number of carbonyl (C=O) groups excluding carboxylic acids is 1. The number of nitrogens with one attached hydrogen (secondary N) is 1. The maximum Gasteiger partial charge on any atom is 0.224 e. The van der Waals surface area contributed by atoms with Crippen molar-refractivity contribution in [2.45, 2.75) is 40.5 Å². The summed E-state index contributed by atoms with van der Waals surface area (Å²) in [5.41, 5.74) is 5.47. The Morgan fingerprint density at radius 2 is 1.65 bits per heavy atom. The lowest BCUT2D eigenvalue weighted by atomic mass is 10.1. The maximum absolute atomic E-state index is 12.0. The van der Waals surface area contributed by atoms with E-state index in [9.17, 15) is 4.79 Å². The van der Waals surface area contributed by atoms with Crippen molar-refractivity contribution in [3.8, 4) is 5.75 Å². The van der Waals surface area contributed by atoms with Crippen LogP contribution in [-0.2, 0) is 4.79 Å². The van der Waals surface area contributed by atoms with E-state index in [0.29, 0.717) is 19.4 Å². The van der Waals surface area contributed by atoms with Gasteiger partial charge in [-0.2, -0.15) is 0 Å². The van der Waals surface area contributed by atoms with Crippen molar-refractivity contribution in [1.29, 1.82) is 0 Å². The van der Waals surface area contributed by atoms with Crippen molar-refractivity contribution in [1.82, 2.24) is 0 Å². The number of ether oxygens (including phenoxy) is 1. The first-order chi connectivity index (χ1) is 11.0. The van der Waals surface area contributed by atoms with Crippen LogP contribution in [0.3, 0.4) is 0 Å². The zero-order valence-electron chi connectivity index (χ0n) is 14.4. The first-order valence-corrected chi connectivity index (χ1v) is 8.03. The average Bonchev–Trinajstić information content (AvgIpc) is 2.50. The normalized spacial score (nSPS) is 10.4. The van der Waals surface area contributed by atoms with E-state index in [4.69, 9.17) is 4.74 Å². The zero-order chi connectivity index (χ0) is 16.8. The van der Waals surface area contributed by atoms with E-state index in [1.54, 1.807) is 0 Å². The number of anilines is 1. The molecule has 2 rings (SSSR count). The van der Waals surface area contributed by atoms with E-state index in [2.05, 4.69) is 23.5 Å². The van der Waals surface area contributed by atoms with Gasteiger partial charge in [-0.05, 0) is 62.9 Å². The van der Waals surface area contributed by atoms with Gasteiger partial charge in [0.05, 0.1) is 6.61 Å². The highest BCUT2D eigenvalue weighted by atomic mass is 16.5. The summed E-state index contributed by atoms with van der Waals surface area (Å²) in [5, 5.41) is 2.96. The van der Waals surface area contributed by atoms with Crippen LogP contribution in [-0.4, -0.2) is 12.5 Å². The van der Waals surface area contributed by atoms with Gasteiger partial charge in [-0.25, -0.2) is 0 Å². The van der Waals surface area contributed by atoms with Crippen LogP contribution < -0.4 is 10.1 Å². The summed E-state index contributed by atoms with van der Waals surface area (Å²) in [4.78, 5) is 12.0. The van der Waals surface area contributed by atoms with Crippen LogP contribution in [0.15, 0.2) is 36.4 Å². The third kappa shape index (κ3) is 5.13. The molecule has 0 aliphatic heterocycles. The average molecular weight is 311 g/mol. The van der Waals surface area contributed by atoms with Gasteiger partial charge in [-0.1, -0.05) is 29.8 Å². The molecule has 0 aliphatic carbocycles. The van der Waals surface area contributed by atoms with E-state index < -0.39 is 0 Å². The van der Waals surface area contributed by atoms with E-state index in [1.165, 1.54) is 11.1 Å². The molecule has 3 heteroatoms. The second-order valence-corrected chi connectivity index (χ2v) is 6.09. The molecule has 0 bridgehead atoms. The number of hydrogen-bond acceptors (Lipinski definition) is 2. The van der Waals surface area contributed by atoms with Gasteiger partial charge in [0.1, 0.15) is 5.75 Å². The van der Waals surface area contributed by atoms with Crippen molar-refractivity contribution in [2.24, 2.45) is 0 Å². The summed E-state index contributed by atoms with van der Waals surface area (Å²) >= 11 is 0. The lowest BCUT2D eigenvalue weighted by Crippen LogP contribution is -2.13. The first kappa shape index (κ1) is 17.1. The van der Waals surface area contributed by atoms with Crippen LogP contribution in [0.5, 0.6) is 5.75 Å². The lowest BCUT2D eigenvalue weighted by Gasteiger charge is -2.11. The van der Waals surface area contributed by atoms with Crippen molar-refractivity contribution in [3.05, 3.63) is 58.7 Å². The van der Waals surface area contributed by atoms with Gasteiger partial charge in [0.25, 0.3) is 0 Å². The maximum atomic E-state index is 12.0. The molecular formula is C20H25NO2. The lowest BCUT2D eigenvalue weighted by molar-refractivity contribution is -0.116. The Morgan fingerprint density at radius 3 is 2.39 bits per heavy atom. The van der Waals surface area contributed by atoms with Gasteiger partial charge >= 0.3 is 0 Å². The fourth-order valence-electron chi connectivity index (χ4n) is 2.44. The molecule has 1 N–H and O–H groups in total. The fourth-order valence-corrected chi connectivity index (χ4v) is 2.44. The van der Waals surface area contributed by atoms with E-state index >= 15 is 0 Å². The largest absolute Gasteiger partial charge is 0.493 e. The standard InChI is InChI=1S/C20H25NO2/c1-14-8-10-18(17(4)12-14)21-20(22)6-5-11-23-19-13-15(2)7-9-16(19)3/h7-10,12-13H,5-6,11H2,1-4H3,(H,21,22). The van der Waals surface area contributed by atoms with Gasteiger partial charge in [-0.15, -0.1) is 0 Å². The zero-order valence-corrected chi connectivity index (χ0v) is 14.4. The van der Waals surface area contributed by atoms with Gasteiger partial charge in [-0.3, -0.25) is 4.79 Å². The molecule has 0 saturated carbocycles. The molecule has 0 aliphatic rings. The smallest absolute Gasteiger partial charge is 0.224 e. The Morgan fingerprint density at radius 1 is 0.957 bits per heavy atom. The predicted molar refractivity (Wildman–Crippen MR) is 95.2 cm³/mol. The van der Waals surface area contributed by atoms with Gasteiger partial charge in [0, 0.05) is 12.1 Å². The molecule has 0 atom stereocenters. The molecule has 23 heavy (non-hydrogen) atoms. The third-order valence-corrected chi connectivity index (χ3v) is 3.81. The minimum absolute atomic E-state index is 0.0292. The highest BCUT2D eigenvalue weighted by molar-refractivity contribution is 5.91. The number of benzene rings is 2.